The Bertz CT molecular complexity index is 2660. The summed E-state index contributed by atoms with van der Waals surface area (Å²) in [6.07, 6.45) is 3.28. The van der Waals surface area contributed by atoms with E-state index in [4.69, 9.17) is 14.5 Å². The molecule has 16 nitrogen and oxygen atoms in total. The average Bonchev–Trinajstić information content (AvgIpc) is 3.58. The van der Waals surface area contributed by atoms with Crippen molar-refractivity contribution in [2.75, 3.05) is 68.1 Å². The number of nitrogens with zero attached hydrogens (tertiary/aromatic N) is 7. The zero-order chi connectivity index (χ0) is 49.9. The number of nitrogens with one attached hydrogen (secondary N) is 1. The molecule has 4 amide bonds. The first kappa shape index (κ1) is 50.6. The van der Waals surface area contributed by atoms with E-state index in [9.17, 15) is 29.1 Å². The van der Waals surface area contributed by atoms with Crippen LogP contribution in [0.25, 0.3) is 33.3 Å². The van der Waals surface area contributed by atoms with Gasteiger partial charge in [-0.25, -0.2) is 5.01 Å². The molecule has 2 aromatic carbocycles. The summed E-state index contributed by atoms with van der Waals surface area (Å²) in [5, 5.41) is 18.5. The summed E-state index contributed by atoms with van der Waals surface area (Å²) in [7, 11) is 8.64. The van der Waals surface area contributed by atoms with Gasteiger partial charge >= 0.3 is 5.97 Å². The third-order valence-electron chi connectivity index (χ3n) is 13.5. The molecule has 0 radical (unpaired) electrons. The predicted octanol–water partition coefficient (Wildman–Crippen LogP) is 4.74. The third-order valence-corrected chi connectivity index (χ3v) is 13.5. The average molecular weight is 945 g/mol. The molecule has 4 aromatic rings. The number of phenols is 1. The van der Waals surface area contributed by atoms with Gasteiger partial charge in [-0.05, 0) is 111 Å². The molecule has 3 aliphatic rings. The highest BCUT2D eigenvalue weighted by Gasteiger charge is 2.43. The lowest BCUT2D eigenvalue weighted by molar-refractivity contribution is -0.174. The number of cyclic esters (lactones) is 1. The summed E-state index contributed by atoms with van der Waals surface area (Å²) in [5.74, 6) is 2.51. The van der Waals surface area contributed by atoms with Crippen molar-refractivity contribution in [2.45, 2.75) is 91.6 Å². The molecule has 6 bridgehead atoms. The fourth-order valence-corrected chi connectivity index (χ4v) is 10.0. The number of esters is 1. The summed E-state index contributed by atoms with van der Waals surface area (Å²) in [5.41, 5.74) is 6.42. The second-order valence-corrected chi connectivity index (χ2v) is 20.1. The summed E-state index contributed by atoms with van der Waals surface area (Å²) >= 11 is 0. The molecule has 2 fully saturated rings. The number of methoxy groups -OCH3 is 1. The SMILES string of the molecule is CCn1c(-c2cccnc2COC)c2c3cc(ccc31)-c1cc(O)cc(c1)C[C@H](NC(=O)[C@H](C(C)C)N(C)C(=O)C1CN(C(=O)C#CCN(C)C)C1)C(=O)N1CCC[C@@H](C(=O)OCC(C)(C)C2)N1C. The van der Waals surface area contributed by atoms with Gasteiger partial charge in [-0.15, -0.1) is 0 Å². The Morgan fingerprint density at radius 3 is 2.51 bits per heavy atom. The minimum Gasteiger partial charge on any atom is -0.508 e. The van der Waals surface area contributed by atoms with Gasteiger partial charge in [0, 0.05) is 81.9 Å². The maximum Gasteiger partial charge on any atom is 0.325 e. The molecular weight excluding hydrogens is 877 g/mol. The topological polar surface area (TPSA) is 170 Å². The van der Waals surface area contributed by atoms with Crippen LogP contribution >= 0.6 is 0 Å². The molecular formula is C53H68N8O8. The van der Waals surface area contributed by atoms with E-state index in [0.29, 0.717) is 56.6 Å². The van der Waals surface area contributed by atoms with Gasteiger partial charge in [0.15, 0.2) is 0 Å². The van der Waals surface area contributed by atoms with Crippen LogP contribution in [0.5, 0.6) is 5.75 Å². The number of pyridine rings is 1. The van der Waals surface area contributed by atoms with Crippen molar-refractivity contribution in [1.82, 2.24) is 39.6 Å². The number of hydrogen-bond acceptors (Lipinski definition) is 11. The van der Waals surface area contributed by atoms with Crippen LogP contribution in [0.2, 0.25) is 0 Å². The van der Waals surface area contributed by atoms with Gasteiger partial charge in [0.05, 0.1) is 37.1 Å². The number of likely N-dealkylation sites (tertiary alicyclic amines) is 1. The molecule has 5 heterocycles. The number of ether oxygens (including phenoxy) is 2. The molecule has 2 N–H and O–H groups in total. The number of carbonyl (C=O) groups is 5. The minimum absolute atomic E-state index is 0.0101. The first-order valence-electron chi connectivity index (χ1n) is 23.9. The second-order valence-electron chi connectivity index (χ2n) is 20.1. The van der Waals surface area contributed by atoms with Crippen molar-refractivity contribution in [1.29, 1.82) is 0 Å². The molecule has 0 aliphatic carbocycles. The highest BCUT2D eigenvalue weighted by atomic mass is 16.5. The molecule has 0 spiro atoms. The van der Waals surface area contributed by atoms with Gasteiger partial charge in [-0.2, -0.15) is 0 Å². The third kappa shape index (κ3) is 11.0. The van der Waals surface area contributed by atoms with Gasteiger partial charge in [0.2, 0.25) is 11.8 Å². The lowest BCUT2D eigenvalue weighted by Crippen LogP contribution is -2.63. The molecule has 16 heteroatoms. The van der Waals surface area contributed by atoms with Crippen LogP contribution in [0.4, 0.5) is 0 Å². The number of rotatable bonds is 10. The number of fused-ring (bicyclic) bond motifs is 6. The van der Waals surface area contributed by atoms with Crippen LogP contribution < -0.4 is 5.32 Å². The van der Waals surface area contributed by atoms with E-state index in [1.165, 1.54) is 14.8 Å². The van der Waals surface area contributed by atoms with Gasteiger partial charge in [0.1, 0.15) is 23.9 Å². The van der Waals surface area contributed by atoms with Crippen molar-refractivity contribution in [3.8, 4) is 40.0 Å². The smallest absolute Gasteiger partial charge is 0.325 e. The number of benzene rings is 2. The van der Waals surface area contributed by atoms with Gasteiger partial charge in [-0.1, -0.05) is 45.7 Å². The van der Waals surface area contributed by atoms with Crippen molar-refractivity contribution in [3.05, 3.63) is 71.5 Å². The number of amides is 4. The Balaban J connectivity index is 1.27. The van der Waals surface area contributed by atoms with Gasteiger partial charge < -0.3 is 34.3 Å². The normalized spacial score (nSPS) is 19.4. The largest absolute Gasteiger partial charge is 0.508 e. The molecule has 2 saturated heterocycles. The van der Waals surface area contributed by atoms with E-state index in [-0.39, 0.29) is 49.6 Å². The van der Waals surface area contributed by atoms with Crippen molar-refractivity contribution < 1.29 is 38.6 Å². The van der Waals surface area contributed by atoms with E-state index in [1.807, 2.05) is 51.0 Å². The van der Waals surface area contributed by atoms with Crippen LogP contribution in [-0.4, -0.2) is 155 Å². The molecule has 3 aliphatic heterocycles. The first-order valence-corrected chi connectivity index (χ1v) is 23.9. The van der Waals surface area contributed by atoms with Crippen molar-refractivity contribution in [2.24, 2.45) is 17.3 Å². The summed E-state index contributed by atoms with van der Waals surface area (Å²) in [6, 6.07) is 12.5. The number of carbonyl (C=O) groups excluding carboxylic acids is 5. The van der Waals surface area contributed by atoms with Gasteiger partial charge in [0.25, 0.3) is 11.8 Å². The quantitative estimate of drug-likeness (QED) is 0.167. The molecule has 0 unspecified atom stereocenters. The maximum atomic E-state index is 15.0. The first-order chi connectivity index (χ1) is 32.8. The maximum absolute atomic E-state index is 15.0. The van der Waals surface area contributed by atoms with Crippen LogP contribution in [0.3, 0.4) is 0 Å². The Morgan fingerprint density at radius 1 is 1.06 bits per heavy atom. The molecule has 2 aromatic heterocycles. The number of aromatic hydroxyl groups is 1. The predicted molar refractivity (Wildman–Crippen MR) is 263 cm³/mol. The molecule has 69 heavy (non-hydrogen) atoms. The molecule has 368 valence electrons. The highest BCUT2D eigenvalue weighted by molar-refractivity contribution is 5.97. The Hall–Kier alpha value is -6.28. The Kier molecular flexibility index (Phi) is 15.5. The monoisotopic (exact) mass is 945 g/mol. The van der Waals surface area contributed by atoms with E-state index < -0.39 is 47.2 Å². The number of hydrogen-bond donors (Lipinski definition) is 2. The van der Waals surface area contributed by atoms with Crippen LogP contribution in [0.15, 0.2) is 54.7 Å². The fourth-order valence-electron chi connectivity index (χ4n) is 10.0. The Morgan fingerprint density at radius 2 is 1.81 bits per heavy atom. The highest BCUT2D eigenvalue weighted by Crippen LogP contribution is 2.41. The lowest BCUT2D eigenvalue weighted by Gasteiger charge is -2.43. The second kappa shape index (κ2) is 21.2. The minimum atomic E-state index is -1.17. The summed E-state index contributed by atoms with van der Waals surface area (Å²) < 4.78 is 14.1. The van der Waals surface area contributed by atoms with E-state index >= 15 is 0 Å². The van der Waals surface area contributed by atoms with Crippen LogP contribution in [-0.2, 0) is 59.4 Å². The van der Waals surface area contributed by atoms with E-state index in [0.717, 1.165) is 39.0 Å². The zero-order valence-electron chi connectivity index (χ0n) is 41.8. The molecule has 0 saturated carbocycles. The standard InChI is InChI=1S/C53H68N8O8/c1-11-60-44-19-18-35-27-40(44)41(48(60)39-15-12-20-54-43(39)31-68-10)28-53(4,5)32-69-52(67)45-16-13-22-61(58(45)9)51(66)42(25-34-23-36(35)26-38(62)24-34)55-49(64)47(33(2)3)57(8)50(65)37-29-59(30-37)46(63)17-14-21-56(6)7/h12,15,18-20,23-24,26-27,33,37,42,45,47,62H,11,13,16,21-22,25,28-32H2,1-10H3,(H,55,64)/t42-,45-,47-/m0/s1. The van der Waals surface area contributed by atoms with E-state index in [1.54, 1.807) is 44.5 Å². The number of phenolic OH excluding ortho intramolecular Hbond substituents is 1. The molecule has 3 atom stereocenters. The van der Waals surface area contributed by atoms with Gasteiger partial charge in [-0.3, -0.25) is 38.9 Å². The lowest BCUT2D eigenvalue weighted by atomic mass is 9.84. The number of aromatic nitrogens is 2. The van der Waals surface area contributed by atoms with Crippen molar-refractivity contribution in [3.63, 3.8) is 0 Å². The van der Waals surface area contributed by atoms with Crippen molar-refractivity contribution >= 4 is 40.5 Å². The zero-order valence-corrected chi connectivity index (χ0v) is 41.8. The summed E-state index contributed by atoms with van der Waals surface area (Å²) in [6.45, 7) is 12.1. The van der Waals surface area contributed by atoms with Crippen LogP contribution in [0, 0.1) is 29.1 Å². The number of aryl methyl sites for hydroxylation is 1. The van der Waals surface area contributed by atoms with Crippen LogP contribution in [0.1, 0.15) is 64.3 Å². The van der Waals surface area contributed by atoms with E-state index in [2.05, 4.69) is 60.7 Å². The fraction of sp³-hybridized carbons (Fsp3) is 0.509. The molecule has 7 rings (SSSR count). The summed E-state index contributed by atoms with van der Waals surface area (Å²) in [4.78, 5) is 79.8. The Labute approximate surface area is 405 Å². The number of hydrazine groups is 1. The number of likely N-dealkylation sites (N-methyl/N-ethyl adjacent to an activating group) is 2.